The maximum absolute atomic E-state index is 11.5. The van der Waals surface area contributed by atoms with E-state index in [-0.39, 0.29) is 5.75 Å². The van der Waals surface area contributed by atoms with Gasteiger partial charge in [-0.25, -0.2) is 4.98 Å². The van der Waals surface area contributed by atoms with Crippen LogP contribution in [-0.2, 0) is 21.3 Å². The van der Waals surface area contributed by atoms with Crippen LogP contribution in [0.3, 0.4) is 0 Å². The molecule has 15 heavy (non-hydrogen) atoms. The third kappa shape index (κ3) is 4.09. The zero-order valence-electron chi connectivity index (χ0n) is 8.60. The molecule has 0 aliphatic heterocycles. The average molecular weight is 247 g/mol. The summed E-state index contributed by atoms with van der Waals surface area (Å²) < 4.78 is 11.5. The van der Waals surface area contributed by atoms with E-state index in [4.69, 9.17) is 5.11 Å². The van der Waals surface area contributed by atoms with Crippen LogP contribution in [0.2, 0.25) is 0 Å². The number of rotatable bonds is 5. The number of aliphatic carboxylic acids is 1. The highest BCUT2D eigenvalue weighted by Crippen LogP contribution is 2.11. The van der Waals surface area contributed by atoms with Gasteiger partial charge in [0.1, 0.15) is 0 Å². The Bertz CT molecular complexity index is 375. The van der Waals surface area contributed by atoms with Crippen LogP contribution in [0.25, 0.3) is 0 Å². The Kier molecular flexibility index (Phi) is 4.41. The fraction of sp³-hybridized carbons (Fsp3) is 0.556. The van der Waals surface area contributed by atoms with Crippen LogP contribution in [0.5, 0.6) is 0 Å². The van der Waals surface area contributed by atoms with Crippen molar-refractivity contribution in [1.82, 2.24) is 4.98 Å². The molecule has 0 saturated heterocycles. The van der Waals surface area contributed by atoms with Crippen molar-refractivity contribution in [2.45, 2.75) is 19.6 Å². The van der Waals surface area contributed by atoms with Crippen molar-refractivity contribution in [2.75, 3.05) is 5.75 Å². The van der Waals surface area contributed by atoms with Gasteiger partial charge in [-0.3, -0.25) is 9.00 Å². The maximum atomic E-state index is 11.5. The zero-order chi connectivity index (χ0) is 11.4. The third-order valence-corrected chi connectivity index (χ3v) is 4.14. The molecule has 0 saturated carbocycles. The normalized spacial score (nSPS) is 14.8. The molecule has 4 nitrogen and oxygen atoms in total. The molecule has 0 fully saturated rings. The van der Waals surface area contributed by atoms with E-state index < -0.39 is 22.7 Å². The number of carboxylic acids is 1. The second-order valence-corrected chi connectivity index (χ2v) is 5.91. The molecule has 1 N–H and O–H groups in total. The standard InChI is InChI=1S/C9H13NO3S2/c1-6(9(11)12)4-15(13)5-8-3-14-7(2)10-8/h3,6H,4-5H2,1-2H3,(H,11,12). The fourth-order valence-electron chi connectivity index (χ4n) is 1.05. The molecule has 0 aliphatic rings. The van der Waals surface area contributed by atoms with Gasteiger partial charge in [-0.2, -0.15) is 0 Å². The van der Waals surface area contributed by atoms with Gasteiger partial charge in [0.15, 0.2) is 0 Å². The average Bonchev–Trinajstić information content (AvgIpc) is 2.50. The van der Waals surface area contributed by atoms with Gasteiger partial charge in [-0.05, 0) is 6.92 Å². The topological polar surface area (TPSA) is 67.3 Å². The van der Waals surface area contributed by atoms with Crippen molar-refractivity contribution in [3.8, 4) is 0 Å². The first-order chi connectivity index (χ1) is 6.99. The van der Waals surface area contributed by atoms with Crippen molar-refractivity contribution >= 4 is 28.1 Å². The highest BCUT2D eigenvalue weighted by Gasteiger charge is 2.15. The number of nitrogens with zero attached hydrogens (tertiary/aromatic N) is 1. The monoisotopic (exact) mass is 247 g/mol. The molecular weight excluding hydrogens is 234 g/mol. The van der Waals surface area contributed by atoms with E-state index >= 15 is 0 Å². The molecule has 2 atom stereocenters. The molecule has 1 rings (SSSR count). The van der Waals surface area contributed by atoms with E-state index in [1.165, 1.54) is 11.3 Å². The van der Waals surface area contributed by atoms with E-state index in [2.05, 4.69) is 4.98 Å². The van der Waals surface area contributed by atoms with Crippen LogP contribution in [0, 0.1) is 12.8 Å². The van der Waals surface area contributed by atoms with Crippen LogP contribution >= 0.6 is 11.3 Å². The predicted octanol–water partition coefficient (Wildman–Crippen LogP) is 1.42. The molecule has 2 unspecified atom stereocenters. The summed E-state index contributed by atoms with van der Waals surface area (Å²) in [5.41, 5.74) is 0.786. The molecule has 1 aromatic heterocycles. The summed E-state index contributed by atoms with van der Waals surface area (Å²) in [5.74, 6) is -0.934. The lowest BCUT2D eigenvalue weighted by molar-refractivity contribution is -0.140. The van der Waals surface area contributed by atoms with Gasteiger partial charge in [-0.1, -0.05) is 6.92 Å². The predicted molar refractivity (Wildman–Crippen MR) is 60.4 cm³/mol. The van der Waals surface area contributed by atoms with Gasteiger partial charge < -0.3 is 5.11 Å². The minimum Gasteiger partial charge on any atom is -0.481 e. The number of thiazole rings is 1. The molecule has 0 bridgehead atoms. The largest absolute Gasteiger partial charge is 0.481 e. The number of aromatic nitrogens is 1. The van der Waals surface area contributed by atoms with Crippen molar-refractivity contribution < 1.29 is 14.1 Å². The highest BCUT2D eigenvalue weighted by molar-refractivity contribution is 7.84. The first-order valence-corrected chi connectivity index (χ1v) is 6.84. The van der Waals surface area contributed by atoms with Gasteiger partial charge >= 0.3 is 5.97 Å². The van der Waals surface area contributed by atoms with Crippen LogP contribution in [0.4, 0.5) is 0 Å². The zero-order valence-corrected chi connectivity index (χ0v) is 10.2. The third-order valence-electron chi connectivity index (χ3n) is 1.83. The molecule has 0 aromatic carbocycles. The highest BCUT2D eigenvalue weighted by atomic mass is 32.2. The van der Waals surface area contributed by atoms with Gasteiger partial charge in [0.05, 0.1) is 22.4 Å². The Morgan fingerprint density at radius 1 is 1.73 bits per heavy atom. The summed E-state index contributed by atoms with van der Waals surface area (Å²) in [7, 11) is -1.15. The molecular formula is C9H13NO3S2. The van der Waals surface area contributed by atoms with Crippen molar-refractivity contribution in [1.29, 1.82) is 0 Å². The summed E-state index contributed by atoms with van der Waals surface area (Å²) in [5, 5.41) is 11.5. The fourth-order valence-corrected chi connectivity index (χ4v) is 3.06. The number of hydrogen-bond acceptors (Lipinski definition) is 4. The summed E-state index contributed by atoms with van der Waals surface area (Å²) in [6, 6.07) is 0. The summed E-state index contributed by atoms with van der Waals surface area (Å²) >= 11 is 1.51. The maximum Gasteiger partial charge on any atom is 0.307 e. The molecule has 0 aliphatic carbocycles. The van der Waals surface area contributed by atoms with Crippen LogP contribution in [0.1, 0.15) is 17.6 Å². The Morgan fingerprint density at radius 2 is 2.40 bits per heavy atom. The first kappa shape index (κ1) is 12.3. The van der Waals surface area contributed by atoms with Gasteiger partial charge in [0, 0.05) is 21.9 Å². The molecule has 0 amide bonds. The molecule has 1 aromatic rings. The van der Waals surface area contributed by atoms with Crippen LogP contribution < -0.4 is 0 Å². The SMILES string of the molecule is Cc1nc(CS(=O)CC(C)C(=O)O)cs1. The lowest BCUT2D eigenvalue weighted by atomic mass is 10.2. The molecule has 84 valence electrons. The van der Waals surface area contributed by atoms with Crippen molar-refractivity contribution in [2.24, 2.45) is 5.92 Å². The van der Waals surface area contributed by atoms with E-state index in [0.717, 1.165) is 10.7 Å². The Hall–Kier alpha value is -0.750. The lowest BCUT2D eigenvalue weighted by Gasteiger charge is -2.04. The Morgan fingerprint density at radius 3 is 2.87 bits per heavy atom. The van der Waals surface area contributed by atoms with E-state index in [1.54, 1.807) is 6.92 Å². The summed E-state index contributed by atoms with van der Waals surface area (Å²) in [4.78, 5) is 14.7. The van der Waals surface area contributed by atoms with Crippen LogP contribution in [0.15, 0.2) is 5.38 Å². The number of aryl methyl sites for hydroxylation is 1. The summed E-state index contributed by atoms with van der Waals surface area (Å²) in [6.45, 7) is 3.45. The Labute approximate surface area is 94.8 Å². The van der Waals surface area contributed by atoms with Crippen molar-refractivity contribution in [3.63, 3.8) is 0 Å². The van der Waals surface area contributed by atoms with Crippen LogP contribution in [-0.4, -0.2) is 26.0 Å². The van der Waals surface area contributed by atoms with Gasteiger partial charge in [-0.15, -0.1) is 11.3 Å². The quantitative estimate of drug-likeness (QED) is 0.854. The summed E-state index contributed by atoms with van der Waals surface area (Å²) in [6.07, 6.45) is 0. The first-order valence-electron chi connectivity index (χ1n) is 4.48. The van der Waals surface area contributed by atoms with E-state index in [1.807, 2.05) is 12.3 Å². The minimum absolute atomic E-state index is 0.186. The molecule has 0 radical (unpaired) electrons. The van der Waals surface area contributed by atoms with E-state index in [0.29, 0.717) is 5.75 Å². The van der Waals surface area contributed by atoms with E-state index in [9.17, 15) is 9.00 Å². The van der Waals surface area contributed by atoms with Gasteiger partial charge in [0.25, 0.3) is 0 Å². The number of carboxylic acid groups (broad SMARTS) is 1. The number of hydrogen-bond donors (Lipinski definition) is 1. The van der Waals surface area contributed by atoms with Gasteiger partial charge in [0.2, 0.25) is 0 Å². The number of carbonyl (C=O) groups is 1. The molecule has 0 spiro atoms. The minimum atomic E-state index is -1.15. The lowest BCUT2D eigenvalue weighted by Crippen LogP contribution is -2.18. The second-order valence-electron chi connectivity index (χ2n) is 3.35. The second kappa shape index (κ2) is 5.37. The Balaban J connectivity index is 2.46. The smallest absolute Gasteiger partial charge is 0.307 e. The molecule has 6 heteroatoms. The molecule has 1 heterocycles. The van der Waals surface area contributed by atoms with Crippen molar-refractivity contribution in [3.05, 3.63) is 16.1 Å².